The second kappa shape index (κ2) is 39.7. The molecule has 0 amide bonds. The van der Waals surface area contributed by atoms with Gasteiger partial charge >= 0.3 is 54.3 Å². The van der Waals surface area contributed by atoms with Crippen LogP contribution in [0.5, 0.6) is 11.5 Å². The highest BCUT2D eigenvalue weighted by molar-refractivity contribution is 7.53. The van der Waals surface area contributed by atoms with Gasteiger partial charge in [-0.15, -0.1) is 13.2 Å². The van der Waals surface area contributed by atoms with Crippen molar-refractivity contribution >= 4 is 54.3 Å². The summed E-state index contributed by atoms with van der Waals surface area (Å²) in [7, 11) is -13.5. The summed E-state index contributed by atoms with van der Waals surface area (Å²) in [5.74, 6) is -1.79. The van der Waals surface area contributed by atoms with Gasteiger partial charge in [-0.25, -0.2) is 23.7 Å². The normalized spacial score (nSPS) is 15.3. The Bertz CT molecular complexity index is 1900. The van der Waals surface area contributed by atoms with Gasteiger partial charge in [-0.05, 0) is 79.7 Å². The van der Waals surface area contributed by atoms with E-state index in [4.69, 9.17) is 47.6 Å². The molecule has 0 aromatic carbocycles. The lowest BCUT2D eigenvalue weighted by Gasteiger charge is -2.18. The lowest BCUT2D eigenvalue weighted by atomic mass is 10.4. The summed E-state index contributed by atoms with van der Waals surface area (Å²) >= 11 is 0. The molecule has 2 aromatic rings. The molecule has 392 valence electrons. The van der Waals surface area contributed by atoms with Crippen LogP contribution in [0.4, 0.5) is 0 Å². The number of carbonyl (C=O) groups is 4. The van der Waals surface area contributed by atoms with E-state index in [1.54, 1.807) is 64.4 Å². The lowest BCUT2D eigenvalue weighted by Crippen LogP contribution is -2.23. The smallest absolute Gasteiger partial charge is 0.377 e. The first-order valence-electron chi connectivity index (χ1n) is 20.2. The van der Waals surface area contributed by atoms with Gasteiger partial charge < -0.3 is 52.5 Å². The average molecular weight is 1050 g/mol. The third-order valence-electron chi connectivity index (χ3n) is 5.95. The largest absolute Gasteiger partial charge is 0.506 e. The zero-order valence-electron chi connectivity index (χ0n) is 40.6. The molecule has 24 nitrogen and oxygen atoms in total. The SMILES string of the molecule is C=CCOP(C)(=O)O.C=CCOP(C)(=O)OC(C)C(=O)OCC.CCOC(=O)C(C)O.CCOC(=O)C(C)OP(C)(=O)O.CCOC(=O)C(C)OP(C)(=O)Oc1cccnc1.Oc1cccnc1. The topological polar surface area (TPSA) is 336 Å². The summed E-state index contributed by atoms with van der Waals surface area (Å²) in [6.45, 7) is 25.1. The Morgan fingerprint density at radius 2 is 0.985 bits per heavy atom. The highest BCUT2D eigenvalue weighted by Gasteiger charge is 2.28. The predicted octanol–water partition coefficient (Wildman–Crippen LogP) is 6.72. The zero-order chi connectivity index (χ0) is 53.6. The van der Waals surface area contributed by atoms with Gasteiger partial charge in [0.2, 0.25) is 0 Å². The van der Waals surface area contributed by atoms with Crippen molar-refractivity contribution in [2.45, 2.75) is 79.8 Å². The lowest BCUT2D eigenvalue weighted by molar-refractivity contribution is -0.152. The minimum Gasteiger partial charge on any atom is -0.506 e. The van der Waals surface area contributed by atoms with Crippen LogP contribution in [0.1, 0.15) is 55.4 Å². The number of aromatic hydroxyl groups is 1. The molecular formula is C40H70N2O22P4. The number of esters is 4. The van der Waals surface area contributed by atoms with Crippen molar-refractivity contribution in [3.63, 3.8) is 0 Å². The maximum Gasteiger partial charge on any atom is 0.377 e. The molecule has 2 aromatic heterocycles. The highest BCUT2D eigenvalue weighted by Crippen LogP contribution is 2.46. The standard InChI is InChI=1S/C11H16NO5P.C9H17O5P.C6H13O5P.C5H5NO.C5H10O3.C4H9O3P/c1-4-15-11(13)9(2)16-18(3,14)17-10-6-5-7-12-8-10;1-5-7-13-15(4,11)14-8(3)9(10)12-6-2;1-4-10-6(7)5(2)11-12(3,8)9;7-5-2-1-3-6-4-5;1-3-8-5(7)4(2)6;1-3-4-7-8(2,5)6/h5-9H,4H2,1-3H3;5,8H,1,6-7H2,2-4H3;5H,4H2,1-3H3,(H,8,9);1-4,7H;4,6H,3H2,1-2H3;3H,1,4H2,2H3,(H,5,6). The van der Waals surface area contributed by atoms with Crippen molar-refractivity contribution in [2.75, 3.05) is 66.3 Å². The molecule has 0 aliphatic carbocycles. The van der Waals surface area contributed by atoms with Crippen molar-refractivity contribution in [3.8, 4) is 11.5 Å². The van der Waals surface area contributed by atoms with Crippen LogP contribution in [0, 0.1) is 0 Å². The zero-order valence-corrected chi connectivity index (χ0v) is 44.1. The highest BCUT2D eigenvalue weighted by atomic mass is 31.2. The van der Waals surface area contributed by atoms with Crippen LogP contribution in [-0.2, 0) is 79.0 Å². The Morgan fingerprint density at radius 1 is 0.603 bits per heavy atom. The molecule has 4 N–H and O–H groups in total. The Labute approximate surface area is 398 Å². The number of nitrogens with zero attached hydrogens (tertiary/aromatic N) is 2. The van der Waals surface area contributed by atoms with Gasteiger partial charge in [0.1, 0.15) is 17.6 Å². The molecule has 0 saturated carbocycles. The molecule has 8 unspecified atom stereocenters. The number of hydrogen-bond acceptors (Lipinski definition) is 22. The second-order valence-corrected chi connectivity index (χ2v) is 20.4. The minimum atomic E-state index is -3.60. The van der Waals surface area contributed by atoms with Crippen LogP contribution in [0.2, 0.25) is 0 Å². The molecule has 0 aliphatic rings. The number of aromatic nitrogens is 2. The second-order valence-electron chi connectivity index (χ2n) is 12.7. The first-order chi connectivity index (χ1) is 31.4. The molecule has 0 fully saturated rings. The molecule has 0 radical (unpaired) electrons. The van der Waals surface area contributed by atoms with Crippen molar-refractivity contribution in [3.05, 3.63) is 74.4 Å². The minimum absolute atomic E-state index is 0.114. The molecule has 8 atom stereocenters. The van der Waals surface area contributed by atoms with Gasteiger partial charge in [0.05, 0.1) is 52.0 Å². The van der Waals surface area contributed by atoms with E-state index in [-0.39, 0.29) is 38.8 Å². The van der Waals surface area contributed by atoms with Crippen molar-refractivity contribution in [2.24, 2.45) is 0 Å². The molecular weight excluding hydrogens is 984 g/mol. The van der Waals surface area contributed by atoms with Gasteiger partial charge in [-0.1, -0.05) is 12.2 Å². The number of pyridine rings is 2. The van der Waals surface area contributed by atoms with Crippen LogP contribution in [0.25, 0.3) is 0 Å². The molecule has 0 spiro atoms. The maximum absolute atomic E-state index is 12.0. The Kier molecular flexibility index (Phi) is 41.1. The number of aliphatic hydroxyl groups is 1. The van der Waals surface area contributed by atoms with E-state index in [1.165, 1.54) is 65.6 Å². The van der Waals surface area contributed by atoms with Gasteiger partial charge in [-0.2, -0.15) is 0 Å². The fourth-order valence-corrected chi connectivity index (χ4v) is 6.76. The fourth-order valence-electron chi connectivity index (χ4n) is 3.42. The van der Waals surface area contributed by atoms with Gasteiger partial charge in [-0.3, -0.25) is 37.2 Å². The van der Waals surface area contributed by atoms with Crippen LogP contribution in [0.15, 0.2) is 74.4 Å². The summed E-state index contributed by atoms with van der Waals surface area (Å²) in [6, 6.07) is 6.49. The molecule has 2 rings (SSSR count). The van der Waals surface area contributed by atoms with E-state index in [0.29, 0.717) is 12.4 Å². The summed E-state index contributed by atoms with van der Waals surface area (Å²) in [5, 5.41) is 17.0. The summed E-state index contributed by atoms with van der Waals surface area (Å²) < 4.78 is 91.9. The number of hydrogen-bond donors (Lipinski definition) is 4. The Morgan fingerprint density at radius 3 is 1.26 bits per heavy atom. The Balaban J connectivity index is -0.000000374. The van der Waals surface area contributed by atoms with E-state index in [2.05, 4.69) is 41.6 Å². The number of ether oxygens (including phenoxy) is 4. The van der Waals surface area contributed by atoms with Crippen molar-refractivity contribution in [1.82, 2.24) is 9.97 Å². The molecule has 0 saturated heterocycles. The van der Waals surface area contributed by atoms with Crippen LogP contribution < -0.4 is 4.52 Å². The van der Waals surface area contributed by atoms with Crippen molar-refractivity contribution < 1.29 is 104 Å². The molecule has 68 heavy (non-hydrogen) atoms. The fraction of sp³-hybridized carbons (Fsp3) is 0.550. The number of rotatable bonds is 22. The van der Waals surface area contributed by atoms with Crippen LogP contribution in [-0.4, -0.2) is 145 Å². The van der Waals surface area contributed by atoms with E-state index >= 15 is 0 Å². The van der Waals surface area contributed by atoms with E-state index in [1.807, 2.05) is 0 Å². The van der Waals surface area contributed by atoms with Gasteiger partial charge in [0.15, 0.2) is 18.3 Å². The van der Waals surface area contributed by atoms with Gasteiger partial charge in [0, 0.05) is 39.1 Å². The summed E-state index contributed by atoms with van der Waals surface area (Å²) in [6.07, 6.45) is 5.02. The van der Waals surface area contributed by atoms with E-state index < -0.39 is 78.7 Å². The predicted molar refractivity (Wildman–Crippen MR) is 251 cm³/mol. The first-order valence-corrected chi connectivity index (χ1v) is 28.2. The van der Waals surface area contributed by atoms with Crippen LogP contribution in [0.3, 0.4) is 0 Å². The average Bonchev–Trinajstić information content (AvgIpc) is 3.23. The monoisotopic (exact) mass is 1050 g/mol. The van der Waals surface area contributed by atoms with E-state index in [9.17, 15) is 37.4 Å². The third-order valence-corrected chi connectivity index (χ3v) is 9.84. The first kappa shape index (κ1) is 70.4. The van der Waals surface area contributed by atoms with Crippen LogP contribution >= 0.6 is 30.4 Å². The molecule has 0 bridgehead atoms. The van der Waals surface area contributed by atoms with Crippen molar-refractivity contribution in [1.29, 1.82) is 0 Å². The molecule has 0 aliphatic heterocycles. The summed E-state index contributed by atoms with van der Waals surface area (Å²) in [5.41, 5.74) is 0. The summed E-state index contributed by atoms with van der Waals surface area (Å²) in [4.78, 5) is 68.2. The molecule has 28 heteroatoms. The Hall–Kier alpha value is -4.14. The maximum atomic E-state index is 12.0. The van der Waals surface area contributed by atoms with E-state index in [0.717, 1.165) is 13.3 Å². The van der Waals surface area contributed by atoms with Gasteiger partial charge in [0.25, 0.3) is 0 Å². The number of carbonyl (C=O) groups excluding carboxylic acids is 4. The quantitative estimate of drug-likeness (QED) is 0.0411. The number of aliphatic hydroxyl groups excluding tert-OH is 1. The third kappa shape index (κ3) is 46.9. The molecule has 2 heterocycles.